The van der Waals surface area contributed by atoms with Crippen LogP contribution in [-0.4, -0.2) is 27.8 Å². The summed E-state index contributed by atoms with van der Waals surface area (Å²) in [7, 11) is 0. The number of fused-ring (bicyclic) bond motifs is 7. The van der Waals surface area contributed by atoms with Crippen LogP contribution in [0.1, 0.15) is 19.4 Å². The fraction of sp³-hybridized carbons (Fsp3) is 0.143. The van der Waals surface area contributed by atoms with Crippen molar-refractivity contribution in [3.63, 3.8) is 0 Å². The third-order valence-electron chi connectivity index (χ3n) is 10.2. The Hall–Kier alpha value is -5.27. The Morgan fingerprint density at radius 1 is 0.679 bits per heavy atom. The second-order valence-electron chi connectivity index (χ2n) is 15.6. The van der Waals surface area contributed by atoms with Gasteiger partial charge < -0.3 is 13.4 Å². The van der Waals surface area contributed by atoms with Gasteiger partial charge in [-0.05, 0) is 30.3 Å². The van der Waals surface area contributed by atoms with Crippen LogP contribution in [0.5, 0.6) is 0 Å². The van der Waals surface area contributed by atoms with E-state index in [1.54, 1.807) is 4.40 Å². The van der Waals surface area contributed by atoms with Gasteiger partial charge in [0.25, 0.3) is 0 Å². The monoisotopic (exact) mass is 970 g/mol. The van der Waals surface area contributed by atoms with E-state index in [4.69, 9.17) is 18.8 Å². The zero-order chi connectivity index (χ0) is 37.7. The van der Waals surface area contributed by atoms with E-state index in [0.29, 0.717) is 5.92 Å². The summed E-state index contributed by atoms with van der Waals surface area (Å²) in [4.78, 5) is 9.77. The second kappa shape index (κ2) is 15.3. The van der Waals surface area contributed by atoms with Crippen LogP contribution in [0.2, 0.25) is 17.3 Å². The minimum Gasteiger partial charge on any atom is -0.501 e. The summed E-state index contributed by atoms with van der Waals surface area (Å²) >= 11 is -1.86. The van der Waals surface area contributed by atoms with Crippen LogP contribution in [-0.2, 0) is 26.5 Å². The van der Waals surface area contributed by atoms with E-state index in [2.05, 4.69) is 109 Å². The van der Waals surface area contributed by atoms with E-state index in [1.807, 2.05) is 78.9 Å². The van der Waals surface area contributed by atoms with Crippen LogP contribution >= 0.6 is 0 Å². The molecule has 0 saturated heterocycles. The van der Waals surface area contributed by atoms with Gasteiger partial charge in [0, 0.05) is 36.3 Å². The minimum absolute atomic E-state index is 0. The molecular weight excluding hydrogens is 927 g/mol. The maximum atomic E-state index is 6.40. The molecule has 0 unspecified atom stereocenters. The van der Waals surface area contributed by atoms with Gasteiger partial charge in [0.05, 0.1) is 28.1 Å². The number of aromatic nitrogens is 3. The SMILES string of the molecule is CC(C)Cc1cc(-c2[c-]cccc2)nc[c]1[Ge]([CH3])([CH3])[CH3].[Ir].[c-]1ccc2c(oc3ccccc32)c1-c1nc2ccccc2n1-c1cccc2c1oc1ccccc12. The molecule has 0 bridgehead atoms. The van der Waals surface area contributed by atoms with E-state index < -0.39 is 13.3 Å². The molecule has 4 heterocycles. The first kappa shape index (κ1) is 37.6. The van der Waals surface area contributed by atoms with Crippen molar-refractivity contribution < 1.29 is 28.9 Å². The predicted octanol–water partition coefficient (Wildman–Crippen LogP) is 12.6. The van der Waals surface area contributed by atoms with Gasteiger partial charge in [-0.3, -0.25) is 4.98 Å². The van der Waals surface area contributed by atoms with E-state index >= 15 is 0 Å². The van der Waals surface area contributed by atoms with Crippen LogP contribution in [0.4, 0.5) is 0 Å². The van der Waals surface area contributed by atoms with Gasteiger partial charge in [-0.1, -0.05) is 71.6 Å². The molecule has 4 aromatic heterocycles. The minimum atomic E-state index is -1.86. The van der Waals surface area contributed by atoms with Crippen molar-refractivity contribution in [2.75, 3.05) is 0 Å². The summed E-state index contributed by atoms with van der Waals surface area (Å²) in [5.74, 6) is 8.76. The Labute approximate surface area is 343 Å². The van der Waals surface area contributed by atoms with Gasteiger partial charge in [-0.2, -0.15) is 0 Å². The largest absolute Gasteiger partial charge is 0.501 e. The zero-order valence-corrected chi connectivity index (χ0v) is 36.5. The molecule has 0 fully saturated rings. The number of nitrogens with zero attached hydrogens (tertiary/aromatic N) is 3. The molecule has 0 amide bonds. The Morgan fingerprint density at radius 2 is 1.34 bits per heavy atom. The first-order valence-corrected chi connectivity index (χ1v) is 26.3. The summed E-state index contributed by atoms with van der Waals surface area (Å²) in [6.07, 6.45) is 3.27. The molecule has 0 spiro atoms. The normalized spacial score (nSPS) is 11.8. The first-order valence-electron chi connectivity index (χ1n) is 18.9. The van der Waals surface area contributed by atoms with E-state index in [0.717, 1.165) is 89.7 Å². The van der Waals surface area contributed by atoms with Crippen LogP contribution in [0.25, 0.3) is 83.2 Å². The smallest absolute Gasteiger partial charge is 0.158 e. The number of hydrogen-bond acceptors (Lipinski definition) is 4. The zero-order valence-electron chi connectivity index (χ0n) is 32.1. The molecule has 0 aliphatic rings. The van der Waals surface area contributed by atoms with Gasteiger partial charge in [-0.25, -0.2) is 0 Å². The summed E-state index contributed by atoms with van der Waals surface area (Å²) < 4.78 is 16.5. The maximum absolute atomic E-state index is 6.40. The molecule has 0 aliphatic heterocycles. The van der Waals surface area contributed by atoms with Crippen molar-refractivity contribution in [2.45, 2.75) is 37.5 Å². The van der Waals surface area contributed by atoms with Gasteiger partial charge >= 0.3 is 126 Å². The van der Waals surface area contributed by atoms with Crippen LogP contribution in [0.3, 0.4) is 0 Å². The number of hydrogen-bond donors (Lipinski definition) is 0. The number of pyridine rings is 1. The van der Waals surface area contributed by atoms with Gasteiger partial charge in [0.1, 0.15) is 11.2 Å². The van der Waals surface area contributed by atoms with Crippen LogP contribution in [0.15, 0.2) is 148 Å². The third-order valence-corrected chi connectivity index (χ3v) is 14.5. The van der Waals surface area contributed by atoms with Crippen LogP contribution in [0, 0.1) is 18.1 Å². The standard InChI is InChI=1S/C31H17N2O2.C18H24GeN.Ir/c1-5-17-27-19(9-1)21-11-7-13-23(29(21)34-27)31-32-24-14-3-4-15-25(24)33(31)26-16-8-12-22-20-10-2-6-18-28(20)35-30(22)26;1-14(2)11-16-12-18(15-9-7-6-8-10-15)20-13-17(16)19(3,4)5;/h1-12,14-18H;6-9,12-14H,11H2,1-5H3;/q2*-1;. The summed E-state index contributed by atoms with van der Waals surface area (Å²) in [6.45, 7) is 4.57. The molecule has 6 aromatic carbocycles. The number of benzene rings is 6. The molecule has 279 valence electrons. The number of furan rings is 2. The molecule has 0 saturated carbocycles. The van der Waals surface area contributed by atoms with E-state index in [9.17, 15) is 0 Å². The fourth-order valence-electron chi connectivity index (χ4n) is 7.68. The molecule has 10 rings (SSSR count). The molecule has 0 aliphatic carbocycles. The second-order valence-corrected chi connectivity index (χ2v) is 26.1. The summed E-state index contributed by atoms with van der Waals surface area (Å²) in [6, 6.07) is 51.8. The number of para-hydroxylation sites is 5. The van der Waals surface area contributed by atoms with Crippen LogP contribution < -0.4 is 4.40 Å². The molecule has 10 aromatic rings. The van der Waals surface area contributed by atoms with Crippen molar-refractivity contribution in [1.82, 2.24) is 14.5 Å². The summed E-state index contributed by atoms with van der Waals surface area (Å²) in [5, 5.41) is 4.31. The Morgan fingerprint density at radius 3 is 2.05 bits per heavy atom. The van der Waals surface area contributed by atoms with E-state index in [-0.39, 0.29) is 20.1 Å². The van der Waals surface area contributed by atoms with Gasteiger partial charge in [0.2, 0.25) is 0 Å². The van der Waals surface area contributed by atoms with Gasteiger partial charge in [-0.15, -0.1) is 18.2 Å². The average Bonchev–Trinajstić information content (AvgIpc) is 3.89. The molecule has 0 atom stereocenters. The van der Waals surface area contributed by atoms with Crippen molar-refractivity contribution in [1.29, 1.82) is 0 Å². The maximum Gasteiger partial charge on any atom is 0.158 e. The average molecular weight is 969 g/mol. The van der Waals surface area contributed by atoms with E-state index in [1.165, 1.54) is 5.56 Å². The fourth-order valence-corrected chi connectivity index (χ4v) is 11.0. The quantitative estimate of drug-likeness (QED) is 0.123. The predicted molar refractivity (Wildman–Crippen MR) is 230 cm³/mol. The number of rotatable bonds is 6. The molecule has 56 heavy (non-hydrogen) atoms. The molecule has 7 heteroatoms. The number of imidazole rings is 1. The Balaban J connectivity index is 0.000000181. The molecule has 1 radical (unpaired) electrons. The van der Waals surface area contributed by atoms with Crippen molar-refractivity contribution >= 4 is 72.6 Å². The van der Waals surface area contributed by atoms with Crippen molar-refractivity contribution in [3.8, 4) is 28.3 Å². The van der Waals surface area contributed by atoms with Crippen molar-refractivity contribution in [2.24, 2.45) is 5.92 Å². The molecule has 0 N–H and O–H groups in total. The third kappa shape index (κ3) is 6.91. The first-order chi connectivity index (χ1) is 26.7. The molecule has 5 nitrogen and oxygen atoms in total. The Bertz CT molecular complexity index is 2990. The topological polar surface area (TPSA) is 57.0 Å². The summed E-state index contributed by atoms with van der Waals surface area (Å²) in [5.41, 5.74) is 10.6. The van der Waals surface area contributed by atoms with Gasteiger partial charge in [0.15, 0.2) is 5.58 Å². The van der Waals surface area contributed by atoms with Crippen molar-refractivity contribution in [3.05, 3.63) is 157 Å². The molecular formula is C49H41GeIrN3O2-2. The Kier molecular flexibility index (Phi) is 10.3.